The van der Waals surface area contributed by atoms with Crippen molar-refractivity contribution < 1.29 is 9.53 Å². The zero-order chi connectivity index (χ0) is 23.7. The Morgan fingerprint density at radius 2 is 1.79 bits per heavy atom. The van der Waals surface area contributed by atoms with E-state index < -0.39 is 11.9 Å². The second kappa shape index (κ2) is 9.51. The van der Waals surface area contributed by atoms with E-state index in [0.717, 1.165) is 14.5 Å². The number of fused-ring (bicyclic) bond motifs is 1. The van der Waals surface area contributed by atoms with Crippen molar-refractivity contribution in [3.05, 3.63) is 93.7 Å². The van der Waals surface area contributed by atoms with E-state index in [-0.39, 0.29) is 29.1 Å². The fourth-order valence-electron chi connectivity index (χ4n) is 3.66. The molecular formula is C24H17Br2N3O3S. The Balaban J connectivity index is 2.05. The van der Waals surface area contributed by atoms with Crippen molar-refractivity contribution >= 4 is 66.6 Å². The van der Waals surface area contributed by atoms with Crippen molar-refractivity contribution in [3.8, 4) is 6.07 Å². The van der Waals surface area contributed by atoms with Gasteiger partial charge in [0.2, 0.25) is 0 Å². The molecule has 1 atom stereocenters. The number of benzene rings is 2. The summed E-state index contributed by atoms with van der Waals surface area (Å²) in [6.45, 7) is 1.83. The van der Waals surface area contributed by atoms with Gasteiger partial charge in [-0.25, -0.2) is 4.79 Å². The van der Waals surface area contributed by atoms with Crippen LogP contribution in [0, 0.1) is 11.3 Å². The number of hydrogen-bond donors (Lipinski definition) is 1. The summed E-state index contributed by atoms with van der Waals surface area (Å²) >= 11 is 7.98. The highest BCUT2D eigenvalue weighted by atomic mass is 79.9. The van der Waals surface area contributed by atoms with Crippen molar-refractivity contribution in [1.29, 1.82) is 5.26 Å². The molecule has 2 N–H and O–H groups in total. The highest BCUT2D eigenvalue weighted by Gasteiger charge is 2.36. The minimum atomic E-state index is -0.749. The van der Waals surface area contributed by atoms with Gasteiger partial charge in [-0.1, -0.05) is 56.1 Å². The Kier molecular flexibility index (Phi) is 6.70. The summed E-state index contributed by atoms with van der Waals surface area (Å²) in [5.41, 5.74) is 7.91. The maximum Gasteiger partial charge on any atom is 0.338 e. The molecule has 1 aromatic heterocycles. The van der Waals surface area contributed by atoms with Crippen molar-refractivity contribution in [2.45, 2.75) is 12.8 Å². The Morgan fingerprint density at radius 3 is 2.36 bits per heavy atom. The second-order valence-corrected chi connectivity index (χ2v) is 10.00. The molecule has 9 heteroatoms. The van der Waals surface area contributed by atoms with Crippen LogP contribution in [-0.2, 0) is 9.53 Å². The first-order chi connectivity index (χ1) is 15.8. The molecule has 166 valence electrons. The zero-order valence-corrected chi connectivity index (χ0v) is 21.3. The molecule has 4 rings (SSSR count). The first-order valence-electron chi connectivity index (χ1n) is 9.91. The van der Waals surface area contributed by atoms with Crippen LogP contribution in [0.2, 0.25) is 0 Å². The van der Waals surface area contributed by atoms with Crippen LogP contribution >= 0.6 is 43.2 Å². The number of rotatable bonds is 4. The summed E-state index contributed by atoms with van der Waals surface area (Å²) in [4.78, 5) is 26.3. The quantitative estimate of drug-likeness (QED) is 0.472. The highest BCUT2D eigenvalue weighted by molar-refractivity contribution is 9.10. The monoisotopic (exact) mass is 585 g/mol. The van der Waals surface area contributed by atoms with Crippen LogP contribution in [0.5, 0.6) is 0 Å². The number of halogens is 2. The first kappa shape index (κ1) is 23.2. The lowest BCUT2D eigenvalue weighted by Gasteiger charge is -2.25. The predicted molar refractivity (Wildman–Crippen MR) is 135 cm³/mol. The van der Waals surface area contributed by atoms with Crippen molar-refractivity contribution in [1.82, 2.24) is 4.57 Å². The molecule has 0 fully saturated rings. The molecule has 0 spiro atoms. The fraction of sp³-hybridized carbons (Fsp3) is 0.125. The van der Waals surface area contributed by atoms with Gasteiger partial charge in [-0.2, -0.15) is 5.26 Å². The number of thiazole rings is 1. The first-order valence-corrected chi connectivity index (χ1v) is 12.3. The van der Waals surface area contributed by atoms with Gasteiger partial charge in [-0.15, -0.1) is 11.3 Å². The van der Waals surface area contributed by atoms with E-state index in [4.69, 9.17) is 10.5 Å². The van der Waals surface area contributed by atoms with Gasteiger partial charge in [-0.05, 0) is 48.4 Å². The average Bonchev–Trinajstić information content (AvgIpc) is 3.12. The number of nitriles is 1. The van der Waals surface area contributed by atoms with Gasteiger partial charge in [0.25, 0.3) is 5.56 Å². The van der Waals surface area contributed by atoms with Gasteiger partial charge < -0.3 is 10.5 Å². The molecule has 1 aliphatic rings. The van der Waals surface area contributed by atoms with Crippen LogP contribution in [0.25, 0.3) is 17.5 Å². The smallest absolute Gasteiger partial charge is 0.338 e. The number of hydrogen-bond acceptors (Lipinski definition) is 6. The van der Waals surface area contributed by atoms with Crippen molar-refractivity contribution in [2.75, 3.05) is 6.61 Å². The lowest BCUT2D eigenvalue weighted by atomic mass is 9.84. The topological polar surface area (TPSA) is 98.1 Å². The van der Waals surface area contributed by atoms with E-state index in [1.54, 1.807) is 13.0 Å². The van der Waals surface area contributed by atoms with Crippen molar-refractivity contribution in [2.24, 2.45) is 5.73 Å². The molecule has 0 amide bonds. The number of nitrogens with two attached hydrogens (primary N) is 1. The third kappa shape index (κ3) is 4.34. The molecule has 6 nitrogen and oxygen atoms in total. The molecule has 0 saturated carbocycles. The summed E-state index contributed by atoms with van der Waals surface area (Å²) in [5.74, 6) is -1.43. The van der Waals surface area contributed by atoms with Gasteiger partial charge >= 0.3 is 5.97 Å². The van der Waals surface area contributed by atoms with E-state index in [9.17, 15) is 14.9 Å². The Bertz CT molecular complexity index is 1490. The number of esters is 1. The standard InChI is InChI=1S/C24H17Br2N3O3S/c1-2-32-24(31)20-19(14-5-9-16(26)10-6-14)17(12-27)23-29(21(20)28)22(30)18(33-23)11-13-3-7-15(25)8-4-13/h3-11,19H,2,28H2,1H3. The van der Waals surface area contributed by atoms with Gasteiger partial charge in [0.15, 0.2) is 0 Å². The van der Waals surface area contributed by atoms with Crippen LogP contribution in [0.1, 0.15) is 24.0 Å². The van der Waals surface area contributed by atoms with E-state index in [2.05, 4.69) is 37.9 Å². The largest absolute Gasteiger partial charge is 0.463 e. The Hall–Kier alpha value is -2.93. The normalized spacial score (nSPS) is 15.9. The molecule has 2 heterocycles. The molecule has 0 saturated heterocycles. The molecule has 2 aromatic carbocycles. The van der Waals surface area contributed by atoms with Crippen LogP contribution in [-0.4, -0.2) is 17.1 Å². The third-order valence-electron chi connectivity index (χ3n) is 5.14. The summed E-state index contributed by atoms with van der Waals surface area (Å²) in [6.07, 6.45) is 1.74. The SMILES string of the molecule is CCOC(=O)C1=C(N)n2c(sc(=Cc3ccc(Br)cc3)c2=O)=C(C#N)C1c1ccc(Br)cc1. The van der Waals surface area contributed by atoms with Gasteiger partial charge in [-0.3, -0.25) is 9.36 Å². The third-order valence-corrected chi connectivity index (χ3v) is 7.30. The molecule has 0 bridgehead atoms. The van der Waals surface area contributed by atoms with E-state index in [1.165, 1.54) is 15.9 Å². The lowest BCUT2D eigenvalue weighted by Crippen LogP contribution is -2.40. The second-order valence-electron chi connectivity index (χ2n) is 7.14. The molecule has 1 unspecified atom stereocenters. The summed E-state index contributed by atoms with van der Waals surface area (Å²) in [5, 5.41) is 10.1. The minimum Gasteiger partial charge on any atom is -0.463 e. The van der Waals surface area contributed by atoms with E-state index in [1.807, 2.05) is 48.5 Å². The van der Waals surface area contributed by atoms with Crippen LogP contribution in [0.15, 0.2) is 67.8 Å². The van der Waals surface area contributed by atoms with Gasteiger partial charge in [0.1, 0.15) is 10.5 Å². The molecular weight excluding hydrogens is 570 g/mol. The Labute approximate surface area is 210 Å². The molecule has 33 heavy (non-hydrogen) atoms. The van der Waals surface area contributed by atoms with Gasteiger partial charge in [0.05, 0.1) is 34.3 Å². The number of aromatic nitrogens is 1. The molecule has 0 radical (unpaired) electrons. The maximum atomic E-state index is 13.3. The summed E-state index contributed by atoms with van der Waals surface area (Å²) in [6, 6.07) is 17.0. The van der Waals surface area contributed by atoms with Crippen molar-refractivity contribution in [3.63, 3.8) is 0 Å². The number of carbonyl (C=O) groups excluding carboxylic acids is 1. The van der Waals surface area contributed by atoms with E-state index >= 15 is 0 Å². The maximum absolute atomic E-state index is 13.3. The summed E-state index contributed by atoms with van der Waals surface area (Å²) < 4.78 is 9.09. The van der Waals surface area contributed by atoms with Crippen LogP contribution in [0.3, 0.4) is 0 Å². The highest BCUT2D eigenvalue weighted by Crippen LogP contribution is 2.37. The van der Waals surface area contributed by atoms with Gasteiger partial charge in [0, 0.05) is 8.95 Å². The molecule has 1 aliphatic heterocycles. The number of ether oxygens (including phenoxy) is 1. The minimum absolute atomic E-state index is 0.0212. The average molecular weight is 587 g/mol. The molecule has 0 aliphatic carbocycles. The fourth-order valence-corrected chi connectivity index (χ4v) is 5.32. The zero-order valence-electron chi connectivity index (χ0n) is 17.3. The lowest BCUT2D eigenvalue weighted by molar-refractivity contribution is -0.138. The number of nitrogens with zero attached hydrogens (tertiary/aromatic N) is 2. The number of carbonyl (C=O) groups is 1. The van der Waals surface area contributed by atoms with Crippen LogP contribution in [0.4, 0.5) is 0 Å². The van der Waals surface area contributed by atoms with E-state index in [0.29, 0.717) is 14.8 Å². The predicted octanol–water partition coefficient (Wildman–Crippen LogP) is 3.43. The Morgan fingerprint density at radius 1 is 1.18 bits per heavy atom. The van der Waals surface area contributed by atoms with Crippen LogP contribution < -0.4 is 20.5 Å². The molecule has 3 aromatic rings. The summed E-state index contributed by atoms with van der Waals surface area (Å²) in [7, 11) is 0.